The van der Waals surface area contributed by atoms with E-state index < -0.39 is 140 Å². The van der Waals surface area contributed by atoms with Gasteiger partial charge in [-0.25, -0.2) is 36.3 Å². The predicted octanol–water partition coefficient (Wildman–Crippen LogP) is 22.7. The Kier molecular flexibility index (Phi) is 29.2. The molecule has 4 amide bonds. The van der Waals surface area contributed by atoms with Gasteiger partial charge in [0.2, 0.25) is 23.5 Å². The number of nitrogens with one attached hydrogen (secondary N) is 4. The van der Waals surface area contributed by atoms with Gasteiger partial charge in [-0.1, -0.05) is 120 Å². The van der Waals surface area contributed by atoms with Gasteiger partial charge in [-0.2, -0.15) is 73.1 Å². The molecule has 0 spiro atoms. The molecular formula is C93H78Cl2F16N12O12. The summed E-state index contributed by atoms with van der Waals surface area (Å²) < 4.78 is 240. The van der Waals surface area contributed by atoms with Crippen LogP contribution in [0.3, 0.4) is 0 Å². The third-order valence-corrected chi connectivity index (χ3v) is 22.2. The highest BCUT2D eigenvalue weighted by atomic mass is 35.5. The van der Waals surface area contributed by atoms with Crippen molar-refractivity contribution in [1.82, 2.24) is 60.4 Å². The fraction of sp³-hybridized carbons (Fsp3) is 0.269. The Hall–Kier alpha value is -14.2. The van der Waals surface area contributed by atoms with Crippen LogP contribution in [0.5, 0.6) is 46.5 Å². The number of hydrogen-bond donors (Lipinski definition) is 4. The van der Waals surface area contributed by atoms with Gasteiger partial charge in [0.1, 0.15) is 56.6 Å². The Morgan fingerprint density at radius 1 is 0.333 bits per heavy atom. The van der Waals surface area contributed by atoms with Gasteiger partial charge < -0.3 is 40.2 Å². The summed E-state index contributed by atoms with van der Waals surface area (Å²) in [6.07, 6.45) is -22.0. The molecule has 4 N–H and O–H groups in total. The maximum Gasteiger partial charge on any atom is 0.436 e. The molecule has 0 saturated heterocycles. The molecule has 0 bridgehead atoms. The van der Waals surface area contributed by atoms with E-state index >= 15 is 0 Å². The van der Waals surface area contributed by atoms with E-state index in [9.17, 15) is 109 Å². The molecule has 8 aromatic carbocycles. The molecule has 0 radical (unpaired) electrons. The number of aromatic nitrogens is 8. The highest BCUT2D eigenvalue weighted by Crippen LogP contribution is 2.51. The Labute approximate surface area is 767 Å². The van der Waals surface area contributed by atoms with Gasteiger partial charge in [0.15, 0.2) is 34.5 Å². The van der Waals surface area contributed by atoms with Crippen LogP contribution < -0.4 is 40.2 Å². The van der Waals surface area contributed by atoms with Gasteiger partial charge >= 0.3 is 24.7 Å². The molecule has 3 saturated carbocycles. The highest BCUT2D eigenvalue weighted by Gasteiger charge is 2.52. The van der Waals surface area contributed by atoms with Gasteiger partial charge in [-0.3, -0.25) is 38.4 Å². The van der Waals surface area contributed by atoms with Crippen LogP contribution >= 0.6 is 23.2 Å². The zero-order valence-corrected chi connectivity index (χ0v) is 73.7. The first kappa shape index (κ1) is 99.8. The molecule has 4 aromatic heterocycles. The minimum atomic E-state index is -5.01. The van der Waals surface area contributed by atoms with Crippen LogP contribution in [-0.2, 0) is 69.5 Å². The molecule has 3 fully saturated rings. The van der Waals surface area contributed by atoms with Crippen molar-refractivity contribution in [1.29, 1.82) is 0 Å². The van der Waals surface area contributed by atoms with Crippen molar-refractivity contribution in [3.05, 3.63) is 305 Å². The van der Waals surface area contributed by atoms with Crippen LogP contribution in [0, 0.1) is 0 Å². The van der Waals surface area contributed by atoms with Gasteiger partial charge in [0, 0.05) is 60.5 Å². The van der Waals surface area contributed by atoms with Crippen molar-refractivity contribution in [2.24, 2.45) is 28.2 Å². The lowest BCUT2D eigenvalue weighted by atomic mass is 10.0. The molecule has 24 nitrogen and oxygen atoms in total. The average molecular weight is 1930 g/mol. The van der Waals surface area contributed by atoms with Crippen LogP contribution in [0.25, 0.3) is 0 Å². The Morgan fingerprint density at radius 2 is 0.570 bits per heavy atom. The quantitative estimate of drug-likeness (QED) is 0.0289. The van der Waals surface area contributed by atoms with Crippen molar-refractivity contribution in [2.45, 2.75) is 133 Å². The van der Waals surface area contributed by atoms with Crippen molar-refractivity contribution < 1.29 is 128 Å². The summed E-state index contributed by atoms with van der Waals surface area (Å²) >= 11 is 11.7. The lowest BCUT2D eigenvalue weighted by Gasteiger charge is -2.19. The monoisotopic (exact) mass is 1930 g/mol. The minimum Gasteiger partial charge on any atom is -0.438 e. The van der Waals surface area contributed by atoms with E-state index in [2.05, 4.69) is 41.7 Å². The Bertz CT molecular complexity index is 6430. The maximum absolute atomic E-state index is 13.7. The van der Waals surface area contributed by atoms with E-state index in [0.717, 1.165) is 57.5 Å². The third-order valence-electron chi connectivity index (χ3n) is 21.7. The van der Waals surface area contributed by atoms with E-state index in [-0.39, 0.29) is 63.6 Å². The molecule has 3 aliphatic carbocycles. The fourth-order valence-corrected chi connectivity index (χ4v) is 14.3. The minimum absolute atomic E-state index is 0.0795. The lowest BCUT2D eigenvalue weighted by molar-refractivity contribution is -0.142. The first-order valence-electron chi connectivity index (χ1n) is 40.6. The standard InChI is InChI=1S/C24H19F6N3O3.C24H20F5N3O3.C23H19ClF3N3O3.C22H20ClF2N3O3/c1-13(34)14-3-5-15(6-4-14)22(11-12-22)31-20(35)18-19(24(28,29)30)32-33(2)21(18)36-17-9-7-16(8-10-17)23(25,26)27;1-13(33)14-3-5-15(6-4-14)23(11-12-23)30-21(34)18-19(20(25)26)31-32(2)22(18)35-17-9-7-16(8-10-17)24(27,28)29;1-13(31)14-3-5-15(6-4-14)22(11-12-22)28-20(32)18-19(23(25,26)27)29-30(2)21(18)33-17-9-7-16(24)8-10-17;1-12(14-4-6-15(7-5-14)13(2)29)26-21(30)18-19(20(24)25)27-28(3)22(18)31-17-10-8-16(23)9-11-17/h3-10H,11-12H2,1-2H3,(H,31,35);3-10,20H,11-12H2,1-2H3,(H,30,34);3-10H,11-12H2,1-2H3,(H,28,32);4-12,20H,1-3H3,(H,26,30)/t;;;12-/m...0/s1. The van der Waals surface area contributed by atoms with Gasteiger partial charge in [0.05, 0.1) is 33.8 Å². The van der Waals surface area contributed by atoms with Crippen molar-refractivity contribution in [3.8, 4) is 46.5 Å². The molecule has 4 heterocycles. The second kappa shape index (κ2) is 39.5. The number of carbonyl (C=O) groups is 8. The van der Waals surface area contributed by atoms with Gasteiger partial charge in [-0.15, -0.1) is 0 Å². The molecule has 42 heteroatoms. The third kappa shape index (κ3) is 23.5. The van der Waals surface area contributed by atoms with E-state index in [1.165, 1.54) is 73.1 Å². The van der Waals surface area contributed by atoms with Crippen LogP contribution in [0.4, 0.5) is 70.2 Å². The highest BCUT2D eigenvalue weighted by molar-refractivity contribution is 6.31. The lowest BCUT2D eigenvalue weighted by Crippen LogP contribution is -2.36. The van der Waals surface area contributed by atoms with Gasteiger partial charge in [-0.05, 0) is 192 Å². The number of aryl methyl sites for hydroxylation is 4. The summed E-state index contributed by atoms with van der Waals surface area (Å²) in [5.41, 5.74) is -6.48. The normalized spacial score (nSPS) is 14.1. The number of alkyl halides is 16. The number of ketones is 4. The number of nitrogens with zero attached hydrogens (tertiary/aromatic N) is 8. The second-order valence-electron chi connectivity index (χ2n) is 31.5. The predicted molar refractivity (Wildman–Crippen MR) is 456 cm³/mol. The van der Waals surface area contributed by atoms with Crippen LogP contribution in [0.1, 0.15) is 231 Å². The number of carbonyl (C=O) groups excluding carboxylic acids is 8. The molecule has 0 aliphatic heterocycles. The topological polar surface area (TPSA) is 293 Å². The van der Waals surface area contributed by atoms with Crippen LogP contribution in [-0.4, -0.2) is 85.9 Å². The average Bonchev–Trinajstić information content (AvgIpc) is 1.60. The molecule has 12 aromatic rings. The van der Waals surface area contributed by atoms with E-state index in [0.29, 0.717) is 116 Å². The Morgan fingerprint density at radius 3 is 0.815 bits per heavy atom. The second-order valence-corrected chi connectivity index (χ2v) is 32.4. The number of halogens is 18. The SMILES string of the molecule is CC(=O)c1ccc(C2(NC(=O)c3c(C(F)(F)F)nn(C)c3Oc3ccc(C(F)(F)F)cc3)CC2)cc1.CC(=O)c1ccc(C2(NC(=O)c3c(C(F)(F)F)nn(C)c3Oc3ccc(Cl)cc3)CC2)cc1.CC(=O)c1ccc(C2(NC(=O)c3c(C(F)F)nn(C)c3Oc3ccc(C(F)(F)F)cc3)CC2)cc1.CC(=O)c1ccc([C@H](C)NC(=O)c2c(C(F)F)nn(C)c2Oc2ccc(Cl)cc2)cc1. The zero-order valence-electron chi connectivity index (χ0n) is 72.2. The molecule has 3 aliphatic rings. The summed E-state index contributed by atoms with van der Waals surface area (Å²) in [7, 11) is 5.09. The largest absolute Gasteiger partial charge is 0.438 e. The first-order valence-corrected chi connectivity index (χ1v) is 41.3. The van der Waals surface area contributed by atoms with Crippen LogP contribution in [0.15, 0.2) is 194 Å². The Balaban J connectivity index is 0.000000162. The molecule has 15 rings (SSSR count). The molecule has 135 heavy (non-hydrogen) atoms. The van der Waals surface area contributed by atoms with Crippen molar-refractivity contribution in [2.75, 3.05) is 0 Å². The van der Waals surface area contributed by atoms with Crippen LogP contribution in [0.2, 0.25) is 10.0 Å². The van der Waals surface area contributed by atoms with E-state index in [4.69, 9.17) is 42.1 Å². The number of amides is 4. The summed E-state index contributed by atoms with van der Waals surface area (Å²) in [6.45, 7) is 7.42. The smallest absolute Gasteiger partial charge is 0.436 e. The van der Waals surface area contributed by atoms with Crippen molar-refractivity contribution in [3.63, 3.8) is 0 Å². The molecule has 1 atom stereocenters. The number of benzene rings is 8. The summed E-state index contributed by atoms with van der Waals surface area (Å²) in [4.78, 5) is 98.5. The van der Waals surface area contributed by atoms with Crippen molar-refractivity contribution >= 4 is 70.0 Å². The first-order chi connectivity index (χ1) is 63.3. The molecular weight excluding hydrogens is 1850 g/mol. The molecule has 0 unspecified atom stereocenters. The van der Waals surface area contributed by atoms with E-state index in [1.54, 1.807) is 128 Å². The van der Waals surface area contributed by atoms with Gasteiger partial charge in [0.25, 0.3) is 36.5 Å². The molecule has 708 valence electrons. The summed E-state index contributed by atoms with van der Waals surface area (Å²) in [5.74, 6) is -5.29. The number of rotatable bonds is 26. The maximum atomic E-state index is 13.7. The fourth-order valence-electron chi connectivity index (χ4n) is 14.1. The number of Topliss-reactive ketones (excluding diaryl/α,β-unsaturated/α-hetero) is 4. The summed E-state index contributed by atoms with van der Waals surface area (Å²) in [5, 5.41) is 26.1. The summed E-state index contributed by atoms with van der Waals surface area (Å²) in [6, 6.07) is 45.0. The number of hydrogen-bond acceptors (Lipinski definition) is 16. The van der Waals surface area contributed by atoms with E-state index in [1.807, 2.05) is 0 Å². The zero-order chi connectivity index (χ0) is 98.7. The number of ether oxygens (including phenoxy) is 4.